The summed E-state index contributed by atoms with van der Waals surface area (Å²) in [7, 11) is 1.66. The number of likely N-dealkylation sites (tertiary alicyclic amines) is 1. The Morgan fingerprint density at radius 1 is 1.06 bits per heavy atom. The number of pyridine rings is 1. The maximum absolute atomic E-state index is 5.76. The van der Waals surface area contributed by atoms with Crippen LogP contribution in [-0.4, -0.2) is 48.3 Å². The van der Waals surface area contributed by atoms with E-state index in [1.165, 1.54) is 37.9 Å². The maximum atomic E-state index is 5.76. The van der Waals surface area contributed by atoms with Gasteiger partial charge in [0.1, 0.15) is 12.4 Å². The van der Waals surface area contributed by atoms with Gasteiger partial charge in [-0.2, -0.15) is 0 Å². The molecule has 0 aliphatic carbocycles. The monoisotopic (exact) mass is 440 g/mol. The van der Waals surface area contributed by atoms with Crippen LogP contribution in [0.1, 0.15) is 30.4 Å². The lowest BCUT2D eigenvalue weighted by Crippen LogP contribution is -2.34. The molecule has 1 fully saturated rings. The first-order valence-corrected chi connectivity index (χ1v) is 11.2. The summed E-state index contributed by atoms with van der Waals surface area (Å²) in [5, 5.41) is 6.97. The molecule has 6 nitrogen and oxygen atoms in total. The van der Waals surface area contributed by atoms with Crippen molar-refractivity contribution in [1.29, 1.82) is 0 Å². The smallest absolute Gasteiger partial charge is 0.213 e. The molecule has 2 N–H and O–H groups in total. The van der Waals surface area contributed by atoms with Crippen LogP contribution in [0.25, 0.3) is 0 Å². The van der Waals surface area contributed by atoms with E-state index in [2.05, 4.69) is 26.6 Å². The molecule has 3 rings (SSSR count). The van der Waals surface area contributed by atoms with Crippen molar-refractivity contribution in [2.75, 3.05) is 33.4 Å². The van der Waals surface area contributed by atoms with E-state index in [9.17, 15) is 0 Å². The second-order valence-corrected chi connectivity index (χ2v) is 7.94. The number of ether oxygens (including phenoxy) is 2. The minimum atomic E-state index is 0.480. The molecule has 1 aliphatic rings. The first-order valence-electron chi connectivity index (χ1n) is 10.8. The Balaban J connectivity index is 1.30. The Kier molecular flexibility index (Phi) is 9.60. The lowest BCUT2D eigenvalue weighted by Gasteiger charge is -2.26. The van der Waals surface area contributed by atoms with Crippen LogP contribution in [0, 0.1) is 0 Å². The van der Waals surface area contributed by atoms with E-state index < -0.39 is 0 Å². The highest BCUT2D eigenvalue weighted by Gasteiger charge is 2.10. The number of aromatic nitrogens is 1. The average Bonchev–Trinajstić information content (AvgIpc) is 2.81. The molecule has 1 aromatic heterocycles. The highest BCUT2D eigenvalue weighted by atomic mass is 32.1. The lowest BCUT2D eigenvalue weighted by atomic mass is 10.1. The SMILES string of the molecule is COc1ccc(CNC(=S)NC/C=C\COc2cc(CN3CCCCC3)ccn2)cc1. The Bertz CT molecular complexity index is 836. The third-order valence-electron chi connectivity index (χ3n) is 5.14. The Morgan fingerprint density at radius 2 is 1.87 bits per heavy atom. The molecule has 2 heterocycles. The molecule has 0 bridgehead atoms. The summed E-state index contributed by atoms with van der Waals surface area (Å²) in [6.07, 6.45) is 9.75. The topological polar surface area (TPSA) is 58.6 Å². The van der Waals surface area contributed by atoms with E-state index in [-0.39, 0.29) is 0 Å². The van der Waals surface area contributed by atoms with Gasteiger partial charge in [0.25, 0.3) is 0 Å². The zero-order valence-electron chi connectivity index (χ0n) is 18.2. The predicted octanol–water partition coefficient (Wildman–Crippen LogP) is 3.68. The maximum Gasteiger partial charge on any atom is 0.213 e. The quantitative estimate of drug-likeness (QED) is 0.432. The van der Waals surface area contributed by atoms with E-state index in [0.717, 1.165) is 17.9 Å². The number of hydrogen-bond donors (Lipinski definition) is 2. The molecule has 0 radical (unpaired) electrons. The molecular weight excluding hydrogens is 408 g/mol. The molecule has 0 atom stereocenters. The summed E-state index contributed by atoms with van der Waals surface area (Å²) >= 11 is 5.31. The number of piperidine rings is 1. The van der Waals surface area contributed by atoms with Crippen LogP contribution >= 0.6 is 12.2 Å². The molecule has 2 aromatic rings. The zero-order valence-corrected chi connectivity index (χ0v) is 19.0. The number of benzene rings is 1. The Hall–Kier alpha value is -2.64. The molecule has 1 aromatic carbocycles. The van der Waals surface area contributed by atoms with Crippen molar-refractivity contribution in [2.24, 2.45) is 0 Å². The largest absolute Gasteiger partial charge is 0.497 e. The standard InChI is InChI=1S/C24H32N4O2S/c1-29-22-9-7-20(8-10-22)18-27-24(31)26-12-3-6-16-30-23-17-21(11-13-25-23)19-28-14-4-2-5-15-28/h3,6-11,13,17H,2,4-5,12,14-16,18-19H2,1H3,(H2,26,27,31)/b6-3-. The van der Waals surface area contributed by atoms with Gasteiger partial charge in [0, 0.05) is 31.9 Å². The number of nitrogens with zero attached hydrogens (tertiary/aromatic N) is 2. The minimum Gasteiger partial charge on any atom is -0.497 e. The van der Waals surface area contributed by atoms with Crippen LogP contribution < -0.4 is 20.1 Å². The number of hydrogen-bond acceptors (Lipinski definition) is 5. The van der Waals surface area contributed by atoms with Crippen LogP contribution in [0.2, 0.25) is 0 Å². The van der Waals surface area contributed by atoms with Gasteiger partial charge in [-0.1, -0.05) is 24.6 Å². The van der Waals surface area contributed by atoms with E-state index >= 15 is 0 Å². The van der Waals surface area contributed by atoms with Crippen molar-refractivity contribution in [3.05, 3.63) is 65.9 Å². The average molecular weight is 441 g/mol. The Morgan fingerprint density at radius 3 is 2.65 bits per heavy atom. The number of nitrogens with one attached hydrogen (secondary N) is 2. The molecule has 1 saturated heterocycles. The van der Waals surface area contributed by atoms with Gasteiger partial charge in [0.15, 0.2) is 5.11 Å². The summed E-state index contributed by atoms with van der Waals surface area (Å²) in [5.74, 6) is 1.52. The number of rotatable bonds is 10. The van der Waals surface area contributed by atoms with Crippen molar-refractivity contribution in [3.8, 4) is 11.6 Å². The van der Waals surface area contributed by atoms with Crippen molar-refractivity contribution in [3.63, 3.8) is 0 Å². The molecule has 0 amide bonds. The van der Waals surface area contributed by atoms with Crippen LogP contribution in [0.15, 0.2) is 54.7 Å². The van der Waals surface area contributed by atoms with Crippen LogP contribution in [-0.2, 0) is 13.1 Å². The highest BCUT2D eigenvalue weighted by molar-refractivity contribution is 7.80. The summed E-state index contributed by atoms with van der Waals surface area (Å²) in [6, 6.07) is 12.0. The third kappa shape index (κ3) is 8.55. The summed E-state index contributed by atoms with van der Waals surface area (Å²) in [4.78, 5) is 6.81. The van der Waals surface area contributed by atoms with E-state index in [1.54, 1.807) is 7.11 Å². The molecule has 0 unspecified atom stereocenters. The minimum absolute atomic E-state index is 0.480. The van der Waals surface area contributed by atoms with Gasteiger partial charge in [-0.3, -0.25) is 4.90 Å². The van der Waals surface area contributed by atoms with Gasteiger partial charge in [-0.25, -0.2) is 4.98 Å². The van der Waals surface area contributed by atoms with Crippen LogP contribution in [0.4, 0.5) is 0 Å². The fourth-order valence-corrected chi connectivity index (χ4v) is 3.58. The second kappa shape index (κ2) is 12.9. The van der Waals surface area contributed by atoms with Crippen molar-refractivity contribution in [1.82, 2.24) is 20.5 Å². The predicted molar refractivity (Wildman–Crippen MR) is 128 cm³/mol. The van der Waals surface area contributed by atoms with Gasteiger partial charge in [-0.05, 0) is 73.6 Å². The van der Waals surface area contributed by atoms with Crippen molar-refractivity contribution in [2.45, 2.75) is 32.4 Å². The van der Waals surface area contributed by atoms with Gasteiger partial charge >= 0.3 is 0 Å². The number of methoxy groups -OCH3 is 1. The van der Waals surface area contributed by atoms with Crippen molar-refractivity contribution >= 4 is 17.3 Å². The van der Waals surface area contributed by atoms with Gasteiger partial charge in [-0.15, -0.1) is 0 Å². The molecule has 0 spiro atoms. The fraction of sp³-hybridized carbons (Fsp3) is 0.417. The molecular formula is C24H32N4O2S. The first kappa shape index (κ1) is 23.0. The lowest BCUT2D eigenvalue weighted by molar-refractivity contribution is 0.220. The van der Waals surface area contributed by atoms with Crippen LogP contribution in [0.3, 0.4) is 0 Å². The molecule has 166 valence electrons. The molecule has 1 aliphatic heterocycles. The highest BCUT2D eigenvalue weighted by Crippen LogP contribution is 2.15. The normalized spacial score (nSPS) is 14.4. The molecule has 31 heavy (non-hydrogen) atoms. The Labute approximate surface area is 190 Å². The van der Waals surface area contributed by atoms with E-state index in [4.69, 9.17) is 21.7 Å². The third-order valence-corrected chi connectivity index (χ3v) is 5.43. The van der Waals surface area contributed by atoms with E-state index in [0.29, 0.717) is 30.7 Å². The summed E-state index contributed by atoms with van der Waals surface area (Å²) < 4.78 is 10.9. The van der Waals surface area contributed by atoms with E-state index in [1.807, 2.05) is 48.7 Å². The van der Waals surface area contributed by atoms with Crippen LogP contribution in [0.5, 0.6) is 11.6 Å². The zero-order chi connectivity index (χ0) is 21.7. The molecule has 7 heteroatoms. The summed E-state index contributed by atoms with van der Waals surface area (Å²) in [5.41, 5.74) is 2.40. The second-order valence-electron chi connectivity index (χ2n) is 7.53. The molecule has 0 saturated carbocycles. The van der Waals surface area contributed by atoms with Crippen molar-refractivity contribution < 1.29 is 9.47 Å². The number of thiocarbonyl (C=S) groups is 1. The summed E-state index contributed by atoms with van der Waals surface area (Å²) in [6.45, 7) is 5.13. The van der Waals surface area contributed by atoms with Gasteiger partial charge < -0.3 is 20.1 Å². The first-order chi connectivity index (χ1) is 15.2. The van der Waals surface area contributed by atoms with Gasteiger partial charge in [0.05, 0.1) is 7.11 Å². The van der Waals surface area contributed by atoms with Gasteiger partial charge in [0.2, 0.25) is 5.88 Å². The fourth-order valence-electron chi connectivity index (χ4n) is 3.43.